The van der Waals surface area contributed by atoms with Crippen molar-refractivity contribution in [2.45, 2.75) is 0 Å². The van der Waals surface area contributed by atoms with Crippen LogP contribution >= 0.6 is 15.9 Å². The Hall–Kier alpha value is -1.48. The normalized spacial score (nSPS) is 12.9. The summed E-state index contributed by atoms with van der Waals surface area (Å²) in [6.45, 7) is 0. The number of aromatic amines is 1. The lowest BCUT2D eigenvalue weighted by Crippen LogP contribution is -1.63. The van der Waals surface area contributed by atoms with E-state index in [1.54, 1.807) is 0 Å². The molecule has 0 bridgehead atoms. The highest BCUT2D eigenvalue weighted by Gasteiger charge is 2.29. The van der Waals surface area contributed by atoms with Crippen LogP contribution in [0.4, 0.5) is 0 Å². The summed E-state index contributed by atoms with van der Waals surface area (Å²) < 4.78 is 6.47. The minimum absolute atomic E-state index is 0.967. The third-order valence-electron chi connectivity index (χ3n) is 2.83. The first-order valence-corrected chi connectivity index (χ1v) is 5.54. The topological polar surface area (TPSA) is 28.3 Å². The van der Waals surface area contributed by atoms with Crippen molar-refractivity contribution >= 4 is 37.7 Å². The molecule has 0 saturated heterocycles. The predicted molar refractivity (Wildman–Crippen MR) is 63.6 cm³/mol. The molecule has 0 fully saturated rings. The maximum atomic E-state index is 5.43. The van der Waals surface area contributed by atoms with Crippen LogP contribution in [0, 0.1) is 0 Å². The van der Waals surface area contributed by atoms with Crippen molar-refractivity contribution in [2.24, 2.45) is 0 Å². The zero-order valence-electron chi connectivity index (χ0n) is 7.67. The number of ether oxygens (including phenoxy) is 1. The van der Waals surface area contributed by atoms with Crippen molar-refractivity contribution < 1.29 is 4.74 Å². The standard InChI is InChI=1S/C12H6BrNO/c13-8-5-7-6-3-1-2-4-9(6)14-10(7)12-11(8)15-12/h1-5,14H. The Labute approximate surface area is 94.0 Å². The van der Waals surface area contributed by atoms with Crippen molar-refractivity contribution in [1.82, 2.24) is 4.98 Å². The molecule has 1 N–H and O–H groups in total. The largest absolute Gasteiger partial charge is 0.446 e. The van der Waals surface area contributed by atoms with Crippen LogP contribution in [0.5, 0.6) is 11.5 Å². The van der Waals surface area contributed by atoms with E-state index in [1.165, 1.54) is 10.8 Å². The fourth-order valence-corrected chi connectivity index (χ4v) is 2.57. The van der Waals surface area contributed by atoms with Crippen LogP contribution < -0.4 is 4.74 Å². The molecule has 2 aromatic carbocycles. The maximum absolute atomic E-state index is 5.43. The van der Waals surface area contributed by atoms with Crippen LogP contribution in [0.3, 0.4) is 0 Å². The van der Waals surface area contributed by atoms with Gasteiger partial charge < -0.3 is 9.72 Å². The molecule has 0 spiro atoms. The molecule has 0 amide bonds. The number of aromatic nitrogens is 1. The van der Waals surface area contributed by atoms with Gasteiger partial charge in [0.2, 0.25) is 0 Å². The minimum atomic E-state index is 0.967. The van der Waals surface area contributed by atoms with Crippen molar-refractivity contribution in [3.63, 3.8) is 0 Å². The summed E-state index contributed by atoms with van der Waals surface area (Å²) in [7, 11) is 0. The fourth-order valence-electron chi connectivity index (χ4n) is 2.08. The van der Waals surface area contributed by atoms with Gasteiger partial charge in [0.15, 0.2) is 11.5 Å². The molecular weight excluding hydrogens is 254 g/mol. The van der Waals surface area contributed by atoms with Gasteiger partial charge in [-0.1, -0.05) is 18.2 Å². The van der Waals surface area contributed by atoms with Gasteiger partial charge in [-0.05, 0) is 28.1 Å². The van der Waals surface area contributed by atoms with Gasteiger partial charge >= 0.3 is 0 Å². The van der Waals surface area contributed by atoms with Crippen molar-refractivity contribution in [2.75, 3.05) is 0 Å². The SMILES string of the molecule is Brc1cc2c([nH]c3ccccc32)c2c1O2. The lowest BCUT2D eigenvalue weighted by atomic mass is 10.2. The summed E-state index contributed by atoms with van der Waals surface area (Å²) in [6.07, 6.45) is 0. The van der Waals surface area contributed by atoms with E-state index in [0.717, 1.165) is 27.0 Å². The fraction of sp³-hybridized carbons (Fsp3) is 0. The lowest BCUT2D eigenvalue weighted by molar-refractivity contribution is 0.650. The minimum Gasteiger partial charge on any atom is -0.446 e. The van der Waals surface area contributed by atoms with Crippen LogP contribution in [0.2, 0.25) is 0 Å². The van der Waals surface area contributed by atoms with Gasteiger partial charge in [0.05, 0.1) is 9.99 Å². The van der Waals surface area contributed by atoms with Gasteiger partial charge in [-0.3, -0.25) is 0 Å². The maximum Gasteiger partial charge on any atom is 0.195 e. The van der Waals surface area contributed by atoms with E-state index < -0.39 is 0 Å². The summed E-state index contributed by atoms with van der Waals surface area (Å²) >= 11 is 3.50. The van der Waals surface area contributed by atoms with Gasteiger partial charge in [0.1, 0.15) is 0 Å². The highest BCUT2D eigenvalue weighted by Crippen LogP contribution is 2.55. The van der Waals surface area contributed by atoms with Gasteiger partial charge in [-0.2, -0.15) is 0 Å². The monoisotopic (exact) mass is 259 g/mol. The quantitative estimate of drug-likeness (QED) is 0.472. The second kappa shape index (κ2) is 2.36. The van der Waals surface area contributed by atoms with Gasteiger partial charge in [-0.15, -0.1) is 0 Å². The molecule has 1 aliphatic rings. The molecule has 0 unspecified atom stereocenters. The average molecular weight is 260 g/mol. The molecule has 0 aliphatic carbocycles. The van der Waals surface area contributed by atoms with Gasteiger partial charge in [-0.25, -0.2) is 0 Å². The predicted octanol–water partition coefficient (Wildman–Crippen LogP) is 4.19. The summed E-state index contributed by atoms with van der Waals surface area (Å²) in [5.74, 6) is 1.95. The molecule has 0 radical (unpaired) electrons. The number of halogens is 1. The third kappa shape index (κ3) is 0.887. The second-order valence-electron chi connectivity index (χ2n) is 3.71. The zero-order chi connectivity index (χ0) is 9.99. The van der Waals surface area contributed by atoms with E-state index in [9.17, 15) is 0 Å². The number of benzene rings is 2. The number of para-hydroxylation sites is 1. The molecular formula is C12H6BrNO. The molecule has 0 atom stereocenters. The Balaban J connectivity index is 2.33. The summed E-state index contributed by atoms with van der Waals surface area (Å²) in [6, 6.07) is 10.4. The number of rotatable bonds is 0. The molecule has 15 heavy (non-hydrogen) atoms. The van der Waals surface area contributed by atoms with Crippen LogP contribution in [0.15, 0.2) is 34.8 Å². The molecule has 4 rings (SSSR count). The van der Waals surface area contributed by atoms with E-state index in [4.69, 9.17) is 4.74 Å². The molecule has 2 heterocycles. The molecule has 72 valence electrons. The Kier molecular flexibility index (Phi) is 1.22. The molecule has 1 aromatic heterocycles. The zero-order valence-corrected chi connectivity index (χ0v) is 9.26. The Morgan fingerprint density at radius 2 is 1.93 bits per heavy atom. The molecule has 3 heteroatoms. The highest BCUT2D eigenvalue weighted by molar-refractivity contribution is 9.10. The molecule has 2 nitrogen and oxygen atoms in total. The summed E-state index contributed by atoms with van der Waals surface area (Å²) in [5.41, 5.74) is 2.26. The van der Waals surface area contributed by atoms with Gasteiger partial charge in [0, 0.05) is 16.3 Å². The average Bonchev–Trinajstić information content (AvgIpc) is 2.98. The lowest BCUT2D eigenvalue weighted by Gasteiger charge is -1.88. The van der Waals surface area contributed by atoms with E-state index in [0.29, 0.717) is 0 Å². The molecule has 0 saturated carbocycles. The van der Waals surface area contributed by atoms with E-state index in [2.05, 4.69) is 45.2 Å². The van der Waals surface area contributed by atoms with E-state index in [-0.39, 0.29) is 0 Å². The first-order valence-electron chi connectivity index (χ1n) is 4.75. The van der Waals surface area contributed by atoms with Crippen molar-refractivity contribution in [3.05, 3.63) is 34.8 Å². The second-order valence-corrected chi connectivity index (χ2v) is 4.57. The van der Waals surface area contributed by atoms with Crippen LogP contribution in [0.25, 0.3) is 21.8 Å². The number of hydrogen-bond acceptors (Lipinski definition) is 1. The Bertz CT molecular complexity index is 714. The first-order chi connectivity index (χ1) is 7.34. The molecule has 3 aromatic rings. The highest BCUT2D eigenvalue weighted by atomic mass is 79.9. The number of H-pyrrole nitrogens is 1. The van der Waals surface area contributed by atoms with Crippen molar-refractivity contribution in [3.8, 4) is 11.5 Å². The van der Waals surface area contributed by atoms with E-state index >= 15 is 0 Å². The Morgan fingerprint density at radius 1 is 1.07 bits per heavy atom. The van der Waals surface area contributed by atoms with Crippen LogP contribution in [0.1, 0.15) is 0 Å². The Morgan fingerprint density at radius 3 is 2.87 bits per heavy atom. The summed E-state index contributed by atoms with van der Waals surface area (Å²) in [4.78, 5) is 3.38. The number of nitrogens with one attached hydrogen (secondary N) is 1. The smallest absolute Gasteiger partial charge is 0.195 e. The van der Waals surface area contributed by atoms with E-state index in [1.807, 2.05) is 6.07 Å². The van der Waals surface area contributed by atoms with Crippen molar-refractivity contribution in [1.29, 1.82) is 0 Å². The summed E-state index contributed by atoms with van der Waals surface area (Å²) in [5, 5.41) is 2.46. The third-order valence-corrected chi connectivity index (χ3v) is 3.42. The first kappa shape index (κ1) is 7.77. The van der Waals surface area contributed by atoms with Crippen LogP contribution in [-0.2, 0) is 0 Å². The number of fused-ring (bicyclic) bond motifs is 5. The van der Waals surface area contributed by atoms with Crippen LogP contribution in [-0.4, -0.2) is 4.98 Å². The number of hydrogen-bond donors (Lipinski definition) is 1. The van der Waals surface area contributed by atoms with Gasteiger partial charge in [0.25, 0.3) is 0 Å². The molecule has 1 aliphatic heterocycles.